The average molecular weight is 408 g/mol. The zero-order chi connectivity index (χ0) is 14.0. The summed E-state index contributed by atoms with van der Waals surface area (Å²) in [6, 6.07) is 5.38. The molecular formula is C10H5Br2ClN4O2. The van der Waals surface area contributed by atoms with E-state index < -0.39 is 4.92 Å². The quantitative estimate of drug-likeness (QED) is 0.465. The van der Waals surface area contributed by atoms with E-state index in [1.807, 2.05) is 6.07 Å². The molecule has 9 heteroatoms. The number of nitrogens with zero attached hydrogens (tertiary/aromatic N) is 3. The van der Waals surface area contributed by atoms with Crippen LogP contribution in [0.2, 0.25) is 5.28 Å². The van der Waals surface area contributed by atoms with Crippen molar-refractivity contribution >= 4 is 60.7 Å². The molecule has 0 saturated carbocycles. The summed E-state index contributed by atoms with van der Waals surface area (Å²) in [6.07, 6.45) is 1.06. The zero-order valence-corrected chi connectivity index (χ0v) is 13.0. The van der Waals surface area contributed by atoms with Crippen LogP contribution in [0.3, 0.4) is 0 Å². The van der Waals surface area contributed by atoms with Gasteiger partial charge < -0.3 is 5.32 Å². The molecule has 0 amide bonds. The van der Waals surface area contributed by atoms with E-state index in [-0.39, 0.29) is 16.8 Å². The van der Waals surface area contributed by atoms with Gasteiger partial charge in [0.05, 0.1) is 10.6 Å². The Kier molecular flexibility index (Phi) is 4.33. The molecule has 0 spiro atoms. The van der Waals surface area contributed by atoms with Gasteiger partial charge in [-0.2, -0.15) is 4.98 Å². The van der Waals surface area contributed by atoms with E-state index in [4.69, 9.17) is 11.6 Å². The van der Waals surface area contributed by atoms with Gasteiger partial charge in [-0.3, -0.25) is 10.1 Å². The Morgan fingerprint density at radius 1 is 1.37 bits per heavy atom. The lowest BCUT2D eigenvalue weighted by atomic mass is 10.3. The molecule has 1 N–H and O–H groups in total. The highest BCUT2D eigenvalue weighted by Gasteiger charge is 2.17. The van der Waals surface area contributed by atoms with Gasteiger partial charge in [-0.1, -0.05) is 15.9 Å². The summed E-state index contributed by atoms with van der Waals surface area (Å²) in [5, 5.41) is 13.7. The fourth-order valence-electron chi connectivity index (χ4n) is 1.30. The molecule has 1 aromatic heterocycles. The molecule has 0 aliphatic rings. The van der Waals surface area contributed by atoms with Crippen molar-refractivity contribution in [1.82, 2.24) is 9.97 Å². The topological polar surface area (TPSA) is 81.0 Å². The van der Waals surface area contributed by atoms with Crippen LogP contribution in [-0.4, -0.2) is 14.9 Å². The molecule has 98 valence electrons. The highest BCUT2D eigenvalue weighted by molar-refractivity contribution is 9.11. The number of halogens is 3. The minimum atomic E-state index is -0.579. The van der Waals surface area contributed by atoms with E-state index in [9.17, 15) is 10.1 Å². The van der Waals surface area contributed by atoms with E-state index in [0.717, 1.165) is 15.1 Å². The maximum Gasteiger partial charge on any atom is 0.329 e. The summed E-state index contributed by atoms with van der Waals surface area (Å²) in [7, 11) is 0. The Bertz CT molecular complexity index is 653. The van der Waals surface area contributed by atoms with E-state index in [0.29, 0.717) is 5.69 Å². The number of nitro groups is 1. The van der Waals surface area contributed by atoms with Crippen LogP contribution in [0.25, 0.3) is 0 Å². The summed E-state index contributed by atoms with van der Waals surface area (Å²) in [5.41, 5.74) is 0.364. The molecule has 0 atom stereocenters. The highest BCUT2D eigenvalue weighted by atomic mass is 79.9. The van der Waals surface area contributed by atoms with Gasteiger partial charge in [-0.25, -0.2) is 4.98 Å². The maximum atomic E-state index is 10.9. The first kappa shape index (κ1) is 14.2. The molecule has 19 heavy (non-hydrogen) atoms. The molecule has 0 aliphatic carbocycles. The second kappa shape index (κ2) is 5.81. The van der Waals surface area contributed by atoms with Crippen molar-refractivity contribution in [3.05, 3.63) is 48.7 Å². The Hall–Kier alpha value is -1.25. The van der Waals surface area contributed by atoms with Gasteiger partial charge in [0.25, 0.3) is 0 Å². The first-order valence-electron chi connectivity index (χ1n) is 4.86. The number of anilines is 2. The van der Waals surface area contributed by atoms with Crippen molar-refractivity contribution < 1.29 is 4.92 Å². The SMILES string of the molecule is O=[N+]([O-])c1cnc(Cl)nc1Nc1cc(Br)ccc1Br. The number of rotatable bonds is 3. The van der Waals surface area contributed by atoms with Crippen LogP contribution in [0.15, 0.2) is 33.3 Å². The van der Waals surface area contributed by atoms with Crippen LogP contribution < -0.4 is 5.32 Å². The maximum absolute atomic E-state index is 10.9. The molecule has 0 bridgehead atoms. The summed E-state index contributed by atoms with van der Waals surface area (Å²) < 4.78 is 1.56. The van der Waals surface area contributed by atoms with Crippen LogP contribution >= 0.6 is 43.5 Å². The predicted octanol–water partition coefficient (Wildman–Crippen LogP) is 4.31. The first-order valence-corrected chi connectivity index (χ1v) is 6.83. The molecule has 6 nitrogen and oxygen atoms in total. The lowest BCUT2D eigenvalue weighted by Gasteiger charge is -2.08. The third-order valence-electron chi connectivity index (χ3n) is 2.12. The normalized spacial score (nSPS) is 10.3. The molecule has 0 radical (unpaired) electrons. The van der Waals surface area contributed by atoms with Crippen LogP contribution in [0.4, 0.5) is 17.2 Å². The van der Waals surface area contributed by atoms with Crippen molar-refractivity contribution in [3.8, 4) is 0 Å². The Morgan fingerprint density at radius 2 is 2.11 bits per heavy atom. The number of nitrogens with one attached hydrogen (secondary N) is 1. The van der Waals surface area contributed by atoms with Crippen LogP contribution in [-0.2, 0) is 0 Å². The molecule has 0 unspecified atom stereocenters. The van der Waals surface area contributed by atoms with Crippen molar-refractivity contribution in [2.24, 2.45) is 0 Å². The molecule has 0 aliphatic heterocycles. The van der Waals surface area contributed by atoms with Gasteiger partial charge in [0, 0.05) is 8.95 Å². The average Bonchev–Trinajstić information content (AvgIpc) is 2.33. The number of benzene rings is 1. The molecule has 0 fully saturated rings. The van der Waals surface area contributed by atoms with E-state index in [1.165, 1.54) is 0 Å². The molecular weight excluding hydrogens is 403 g/mol. The molecule has 1 heterocycles. The second-order valence-electron chi connectivity index (χ2n) is 3.38. The third-order valence-corrected chi connectivity index (χ3v) is 3.49. The van der Waals surface area contributed by atoms with Gasteiger partial charge in [-0.05, 0) is 45.7 Å². The van der Waals surface area contributed by atoms with Crippen molar-refractivity contribution in [3.63, 3.8) is 0 Å². The van der Waals surface area contributed by atoms with Crippen LogP contribution in [0.5, 0.6) is 0 Å². The Balaban J connectivity index is 2.45. The van der Waals surface area contributed by atoms with Gasteiger partial charge in [0.2, 0.25) is 11.1 Å². The van der Waals surface area contributed by atoms with Crippen molar-refractivity contribution in [2.45, 2.75) is 0 Å². The van der Waals surface area contributed by atoms with E-state index >= 15 is 0 Å². The molecule has 2 aromatic rings. The monoisotopic (exact) mass is 406 g/mol. The van der Waals surface area contributed by atoms with Gasteiger partial charge in [-0.15, -0.1) is 0 Å². The molecule has 0 saturated heterocycles. The lowest BCUT2D eigenvalue weighted by Crippen LogP contribution is -2.01. The lowest BCUT2D eigenvalue weighted by molar-refractivity contribution is -0.384. The van der Waals surface area contributed by atoms with Gasteiger partial charge in [0.1, 0.15) is 6.20 Å². The summed E-state index contributed by atoms with van der Waals surface area (Å²) in [4.78, 5) is 17.7. The highest BCUT2D eigenvalue weighted by Crippen LogP contribution is 2.31. The van der Waals surface area contributed by atoms with Crippen molar-refractivity contribution in [2.75, 3.05) is 5.32 Å². The number of aromatic nitrogens is 2. The first-order chi connectivity index (χ1) is 8.97. The van der Waals surface area contributed by atoms with Crippen LogP contribution in [0, 0.1) is 10.1 Å². The molecule has 2 rings (SSSR count). The van der Waals surface area contributed by atoms with E-state index in [2.05, 4.69) is 47.1 Å². The fraction of sp³-hybridized carbons (Fsp3) is 0. The summed E-state index contributed by atoms with van der Waals surface area (Å²) in [6.45, 7) is 0. The summed E-state index contributed by atoms with van der Waals surface area (Å²) >= 11 is 12.3. The van der Waals surface area contributed by atoms with Crippen LogP contribution in [0.1, 0.15) is 0 Å². The minimum Gasteiger partial charge on any atom is -0.333 e. The van der Waals surface area contributed by atoms with Gasteiger partial charge >= 0.3 is 5.69 Å². The Morgan fingerprint density at radius 3 is 2.79 bits per heavy atom. The largest absolute Gasteiger partial charge is 0.333 e. The van der Waals surface area contributed by atoms with Gasteiger partial charge in [0.15, 0.2) is 0 Å². The zero-order valence-electron chi connectivity index (χ0n) is 9.10. The summed E-state index contributed by atoms with van der Waals surface area (Å²) in [5.74, 6) is 0.0313. The smallest absolute Gasteiger partial charge is 0.329 e. The second-order valence-corrected chi connectivity index (χ2v) is 5.49. The number of hydrogen-bond acceptors (Lipinski definition) is 5. The number of hydrogen-bond donors (Lipinski definition) is 1. The fourth-order valence-corrected chi connectivity index (χ4v) is 2.14. The standard InChI is InChI=1S/C10H5Br2ClN4O2/c11-5-1-2-6(12)7(3-5)15-9-8(17(18)19)4-14-10(13)16-9/h1-4H,(H,14,15,16). The Labute approximate surface area is 129 Å². The van der Waals surface area contributed by atoms with E-state index in [1.54, 1.807) is 12.1 Å². The van der Waals surface area contributed by atoms with Crippen molar-refractivity contribution in [1.29, 1.82) is 0 Å². The predicted molar refractivity (Wildman–Crippen MR) is 78.8 cm³/mol. The minimum absolute atomic E-state index is 0.0313. The third kappa shape index (κ3) is 3.40. The molecule has 1 aromatic carbocycles.